The molecular weight excluding hydrogens is 833 g/mol. The van der Waals surface area contributed by atoms with Crippen LogP contribution in [0.15, 0.2) is 181 Å². The molecule has 0 saturated carbocycles. The van der Waals surface area contributed by atoms with E-state index < -0.39 is 8.07 Å². The van der Waals surface area contributed by atoms with Gasteiger partial charge >= 0.3 is 0 Å². The van der Waals surface area contributed by atoms with Crippen molar-refractivity contribution in [3.8, 4) is 39.5 Å². The number of imidazole rings is 1. The van der Waals surface area contributed by atoms with Gasteiger partial charge in [0, 0.05) is 38.8 Å². The van der Waals surface area contributed by atoms with Gasteiger partial charge in [-0.15, -0.1) is 0 Å². The van der Waals surface area contributed by atoms with Gasteiger partial charge in [-0.2, -0.15) is 9.13 Å². The Morgan fingerprint density at radius 3 is 2.21 bits per heavy atom. The van der Waals surface area contributed by atoms with Crippen molar-refractivity contribution in [2.75, 3.05) is 0 Å². The fourth-order valence-electron chi connectivity index (χ4n) is 11.0. The lowest BCUT2D eigenvalue weighted by Gasteiger charge is -2.33. The van der Waals surface area contributed by atoms with Crippen molar-refractivity contribution in [3.05, 3.63) is 210 Å². The van der Waals surface area contributed by atoms with Crippen molar-refractivity contribution < 1.29 is 22.3 Å². The summed E-state index contributed by atoms with van der Waals surface area (Å²) < 4.78 is 47.9. The molecular formula is C59H49F2N3OSi+2. The molecule has 7 aromatic carbocycles. The van der Waals surface area contributed by atoms with Gasteiger partial charge in [0.2, 0.25) is 5.69 Å². The number of halogens is 2. The van der Waals surface area contributed by atoms with Crippen LogP contribution in [0.2, 0.25) is 19.6 Å². The predicted octanol–water partition coefficient (Wildman–Crippen LogP) is 13.6. The zero-order valence-electron chi connectivity index (χ0n) is 37.7. The first-order valence-electron chi connectivity index (χ1n) is 22.9. The molecule has 66 heavy (non-hydrogen) atoms. The van der Waals surface area contributed by atoms with E-state index in [4.69, 9.17) is 11.0 Å². The van der Waals surface area contributed by atoms with E-state index in [1.807, 2.05) is 60.7 Å². The second-order valence-corrected chi connectivity index (χ2v) is 24.8. The minimum absolute atomic E-state index is 0.0930. The van der Waals surface area contributed by atoms with Crippen molar-refractivity contribution in [3.63, 3.8) is 0 Å². The highest BCUT2D eigenvalue weighted by Crippen LogP contribution is 2.51. The average Bonchev–Trinajstić information content (AvgIpc) is 3.87. The van der Waals surface area contributed by atoms with Crippen molar-refractivity contribution in [2.24, 2.45) is 0 Å². The normalized spacial score (nSPS) is 15.8. The minimum Gasteiger partial charge on any atom is -0.455 e. The third kappa shape index (κ3) is 5.99. The Morgan fingerprint density at radius 1 is 0.697 bits per heavy atom. The SMILES string of the molecule is C=C1c2cc(F)c3c(oc4cc(C(C)(C)c5ccccc5)ccc43)c2-c2n(-c3ccc(F)c(-c4ccccc4)c3)c3ccccc3[n+]2CC2c3ccccc3-c3ccc([Si](C)(C)C)c[n+]3C12. The Morgan fingerprint density at radius 2 is 1.42 bits per heavy atom. The van der Waals surface area contributed by atoms with Crippen molar-refractivity contribution in [2.45, 2.75) is 57.4 Å². The van der Waals surface area contributed by atoms with Crippen LogP contribution in [0.5, 0.6) is 0 Å². The fraction of sp³-hybridized carbons (Fsp3) is 0.153. The van der Waals surface area contributed by atoms with Crippen LogP contribution < -0.4 is 14.3 Å². The van der Waals surface area contributed by atoms with Gasteiger partial charge in [-0.1, -0.05) is 149 Å². The maximum absolute atomic E-state index is 17.7. The monoisotopic (exact) mass is 881 g/mol. The first kappa shape index (κ1) is 40.3. The first-order valence-corrected chi connectivity index (χ1v) is 26.4. The van der Waals surface area contributed by atoms with E-state index in [9.17, 15) is 0 Å². The molecule has 2 aliphatic rings. The number of aromatic nitrogens is 3. The van der Waals surface area contributed by atoms with Crippen molar-refractivity contribution in [1.29, 1.82) is 0 Å². The van der Waals surface area contributed by atoms with Gasteiger partial charge < -0.3 is 4.42 Å². The third-order valence-corrected chi connectivity index (χ3v) is 16.6. The maximum atomic E-state index is 17.7. The molecule has 0 radical (unpaired) electrons. The molecule has 12 rings (SSSR count). The molecule has 4 nitrogen and oxygen atoms in total. The lowest BCUT2D eigenvalue weighted by molar-refractivity contribution is -0.723. The number of para-hydroxylation sites is 2. The Hall–Kier alpha value is -7.22. The highest BCUT2D eigenvalue weighted by atomic mass is 28.3. The van der Waals surface area contributed by atoms with Gasteiger partial charge in [0.15, 0.2) is 28.9 Å². The van der Waals surface area contributed by atoms with Gasteiger partial charge in [0.05, 0.1) is 24.9 Å². The number of pyridine rings is 1. The van der Waals surface area contributed by atoms with E-state index in [1.165, 1.54) is 21.9 Å². The number of hydrogen-bond donors (Lipinski definition) is 0. The summed E-state index contributed by atoms with van der Waals surface area (Å²) in [6.45, 7) is 17.1. The van der Waals surface area contributed by atoms with Crippen LogP contribution in [0, 0.1) is 11.6 Å². The van der Waals surface area contributed by atoms with Gasteiger partial charge in [0.25, 0.3) is 5.82 Å². The molecule has 2 unspecified atom stereocenters. The van der Waals surface area contributed by atoms with Crippen molar-refractivity contribution >= 4 is 51.8 Å². The van der Waals surface area contributed by atoms with Crippen LogP contribution in [0.1, 0.15) is 48.1 Å². The highest BCUT2D eigenvalue weighted by Gasteiger charge is 2.49. The van der Waals surface area contributed by atoms with E-state index in [-0.39, 0.29) is 29.0 Å². The lowest BCUT2D eigenvalue weighted by Crippen LogP contribution is -2.55. The molecule has 0 fully saturated rings. The zero-order chi connectivity index (χ0) is 45.2. The first-order chi connectivity index (χ1) is 31.9. The lowest BCUT2D eigenvalue weighted by atomic mass is 9.76. The highest BCUT2D eigenvalue weighted by molar-refractivity contribution is 6.88. The number of rotatable bonds is 5. The molecule has 3 aromatic heterocycles. The average molecular weight is 882 g/mol. The quantitative estimate of drug-likeness (QED) is 0.125. The topological polar surface area (TPSA) is 25.8 Å². The van der Waals surface area contributed by atoms with E-state index in [0.717, 1.165) is 50.5 Å². The van der Waals surface area contributed by atoms with Gasteiger partial charge in [-0.3, -0.25) is 0 Å². The number of fused-ring (bicyclic) bond motifs is 15. The minimum atomic E-state index is -1.78. The van der Waals surface area contributed by atoms with Gasteiger partial charge in [-0.25, -0.2) is 13.3 Å². The van der Waals surface area contributed by atoms with Crippen LogP contribution in [-0.2, 0) is 12.0 Å². The summed E-state index contributed by atoms with van der Waals surface area (Å²) in [5, 5.41) is 2.47. The zero-order valence-corrected chi connectivity index (χ0v) is 38.7. The molecule has 0 amide bonds. The molecule has 5 heterocycles. The van der Waals surface area contributed by atoms with Crippen LogP contribution in [-0.4, -0.2) is 12.6 Å². The van der Waals surface area contributed by atoms with Crippen LogP contribution in [0.4, 0.5) is 8.78 Å². The third-order valence-electron chi connectivity index (χ3n) is 14.6. The van der Waals surface area contributed by atoms with Crippen molar-refractivity contribution in [1.82, 2.24) is 4.57 Å². The number of benzene rings is 7. The van der Waals surface area contributed by atoms with Crippen LogP contribution >= 0.6 is 0 Å². The molecule has 7 heteroatoms. The number of furan rings is 1. The molecule has 0 bridgehead atoms. The summed E-state index contributed by atoms with van der Waals surface area (Å²) in [6.07, 6.45) is 2.35. The van der Waals surface area contributed by atoms with Crippen LogP contribution in [0.3, 0.4) is 0 Å². The second-order valence-electron chi connectivity index (χ2n) is 19.7. The number of allylic oxidation sites excluding steroid dienone is 1. The molecule has 10 aromatic rings. The smallest absolute Gasteiger partial charge is 0.299 e. The Kier molecular flexibility index (Phi) is 8.94. The molecule has 2 aliphatic heterocycles. The summed E-state index contributed by atoms with van der Waals surface area (Å²) in [5.74, 6) is 0.0474. The molecule has 2 atom stereocenters. The molecule has 0 saturated heterocycles. The molecule has 0 N–H and O–H groups in total. The molecule has 0 spiro atoms. The summed E-state index contributed by atoms with van der Waals surface area (Å²) in [6, 6.07) is 54.8. The predicted molar refractivity (Wildman–Crippen MR) is 266 cm³/mol. The number of hydrogen-bond acceptors (Lipinski definition) is 1. The summed E-state index contributed by atoms with van der Waals surface area (Å²) in [5.41, 5.74) is 12.7. The summed E-state index contributed by atoms with van der Waals surface area (Å²) in [7, 11) is -1.78. The largest absolute Gasteiger partial charge is 0.455 e. The van der Waals surface area contributed by atoms with Crippen LogP contribution in [0.25, 0.3) is 78.0 Å². The van der Waals surface area contributed by atoms with Gasteiger partial charge in [-0.05, 0) is 70.8 Å². The fourth-order valence-corrected chi connectivity index (χ4v) is 12.1. The summed E-state index contributed by atoms with van der Waals surface area (Å²) >= 11 is 0. The number of nitrogens with zero attached hydrogens (tertiary/aromatic N) is 3. The van der Waals surface area contributed by atoms with E-state index >= 15 is 8.78 Å². The molecule has 322 valence electrons. The van der Waals surface area contributed by atoms with E-state index in [1.54, 1.807) is 12.1 Å². The van der Waals surface area contributed by atoms with E-state index in [0.29, 0.717) is 39.6 Å². The Balaban J connectivity index is 1.21. The maximum Gasteiger partial charge on any atom is 0.299 e. The van der Waals surface area contributed by atoms with E-state index in [2.05, 4.69) is 144 Å². The summed E-state index contributed by atoms with van der Waals surface area (Å²) in [4.78, 5) is 0. The standard InChI is InChI=1S/C59H49F2N3OSi/c1-36-45-33-49(61)54-44-28-25-39(59(2,3)38-19-11-8-12-20-38)31-53(44)65-57(54)55(45)58-63(35-47-42-21-13-14-22-43(42)50-30-27-41(66(4,5)6)34-62(50)56(36)47)51-23-15-16-24-52(51)64(58)40-26-29-48(60)46(32-40)37-17-9-7-10-18-37/h7-34,47,56H,1,35H2,2-6H3/q+2. The Labute approximate surface area is 384 Å². The molecule has 0 aliphatic carbocycles. The Bertz CT molecular complexity index is 3640. The second kappa shape index (κ2) is 14.6. The van der Waals surface area contributed by atoms with Gasteiger partial charge in [0.1, 0.15) is 35.0 Å².